The van der Waals surface area contributed by atoms with Crippen molar-refractivity contribution in [3.8, 4) is 0 Å². The first-order chi connectivity index (χ1) is 11.3. The number of nitrogens with zero attached hydrogens (tertiary/aromatic N) is 1. The maximum Gasteiger partial charge on any atom is 0.233 e. The highest BCUT2D eigenvalue weighted by atomic mass is 16.2. The van der Waals surface area contributed by atoms with Crippen LogP contribution in [-0.2, 0) is 4.79 Å². The van der Waals surface area contributed by atoms with Gasteiger partial charge >= 0.3 is 0 Å². The van der Waals surface area contributed by atoms with Crippen LogP contribution in [0.4, 0.5) is 11.4 Å². The maximum atomic E-state index is 12.5. The molecule has 3 rings (SSSR count). The Bertz CT molecular complexity index is 652. The van der Waals surface area contributed by atoms with E-state index in [-0.39, 0.29) is 11.8 Å². The number of hydrogen-bond donors (Lipinski definition) is 1. The molecule has 1 fully saturated rings. The maximum absolute atomic E-state index is 12.5. The molecule has 1 aliphatic rings. The minimum atomic E-state index is 0.0203. The van der Waals surface area contributed by atoms with Gasteiger partial charge in [-0.15, -0.1) is 0 Å². The van der Waals surface area contributed by atoms with E-state index in [1.54, 1.807) is 0 Å². The molecule has 0 saturated carbocycles. The molecular formula is C20H22N2O. The summed E-state index contributed by atoms with van der Waals surface area (Å²) in [7, 11) is 0. The van der Waals surface area contributed by atoms with Gasteiger partial charge in [0.2, 0.25) is 5.91 Å². The summed E-state index contributed by atoms with van der Waals surface area (Å²) in [6.45, 7) is 1.68. The van der Waals surface area contributed by atoms with Gasteiger partial charge in [0.15, 0.2) is 0 Å². The number of nitrogens with one attached hydrogen (secondary N) is 1. The minimum absolute atomic E-state index is 0.0203. The fourth-order valence-corrected chi connectivity index (χ4v) is 2.86. The van der Waals surface area contributed by atoms with Gasteiger partial charge < -0.3 is 10.2 Å². The Balaban J connectivity index is 1.46. The van der Waals surface area contributed by atoms with Gasteiger partial charge in [0.1, 0.15) is 0 Å². The van der Waals surface area contributed by atoms with Crippen molar-refractivity contribution in [1.29, 1.82) is 0 Å². The number of amides is 1. The number of anilines is 2. The largest absolute Gasteiger partial charge is 0.385 e. The van der Waals surface area contributed by atoms with Crippen molar-refractivity contribution in [2.75, 3.05) is 23.3 Å². The molecule has 3 nitrogen and oxygen atoms in total. The van der Waals surface area contributed by atoms with E-state index < -0.39 is 0 Å². The average Bonchev–Trinajstić information content (AvgIpc) is 2.97. The van der Waals surface area contributed by atoms with Gasteiger partial charge in [-0.05, 0) is 37.1 Å². The highest BCUT2D eigenvalue weighted by molar-refractivity contribution is 5.98. The molecule has 1 atom stereocenters. The summed E-state index contributed by atoms with van der Waals surface area (Å²) in [6, 6.07) is 20.1. The van der Waals surface area contributed by atoms with Crippen molar-refractivity contribution in [2.24, 2.45) is 5.92 Å². The lowest BCUT2D eigenvalue weighted by molar-refractivity contribution is -0.119. The number of para-hydroxylation sites is 2. The van der Waals surface area contributed by atoms with Crippen molar-refractivity contribution in [1.82, 2.24) is 0 Å². The molecule has 2 aromatic rings. The van der Waals surface area contributed by atoms with Crippen LogP contribution < -0.4 is 10.2 Å². The summed E-state index contributed by atoms with van der Waals surface area (Å²) in [5.41, 5.74) is 2.13. The fraction of sp³-hybridized carbons (Fsp3) is 0.250. The second kappa shape index (κ2) is 7.63. The molecule has 1 amide bonds. The third-order valence-corrected chi connectivity index (χ3v) is 4.10. The molecule has 3 heteroatoms. The molecule has 1 aliphatic heterocycles. The average molecular weight is 306 g/mol. The molecule has 0 bridgehead atoms. The lowest BCUT2D eigenvalue weighted by Crippen LogP contribution is -2.26. The normalized spacial score (nSPS) is 17.8. The van der Waals surface area contributed by atoms with Gasteiger partial charge in [-0.3, -0.25) is 4.79 Å². The first kappa shape index (κ1) is 15.3. The Morgan fingerprint density at radius 1 is 1.04 bits per heavy atom. The number of benzene rings is 2. The number of carbonyl (C=O) groups excluding carboxylic acids is 1. The van der Waals surface area contributed by atoms with E-state index in [4.69, 9.17) is 0 Å². The van der Waals surface area contributed by atoms with Crippen LogP contribution in [0.2, 0.25) is 0 Å². The summed E-state index contributed by atoms with van der Waals surface area (Å²) in [6.07, 6.45) is 6.01. The Kier molecular flexibility index (Phi) is 5.09. The van der Waals surface area contributed by atoms with Crippen LogP contribution in [-0.4, -0.2) is 19.0 Å². The zero-order chi connectivity index (χ0) is 15.9. The van der Waals surface area contributed by atoms with E-state index in [1.165, 1.54) is 0 Å². The second-order valence-electron chi connectivity index (χ2n) is 5.73. The van der Waals surface area contributed by atoms with E-state index >= 15 is 0 Å². The summed E-state index contributed by atoms with van der Waals surface area (Å²) in [5.74, 6) is 0.232. The number of rotatable bonds is 6. The highest BCUT2D eigenvalue weighted by Gasteiger charge is 2.30. The first-order valence-corrected chi connectivity index (χ1v) is 8.16. The molecule has 1 N–H and O–H groups in total. The quantitative estimate of drug-likeness (QED) is 0.644. The smallest absolute Gasteiger partial charge is 0.233 e. The van der Waals surface area contributed by atoms with Crippen molar-refractivity contribution >= 4 is 17.3 Å². The standard InChI is InChI=1S/C20H22N2O/c23-20-17(14-16-22(20)19-12-5-2-6-13-19)9-7-8-15-21-18-10-3-1-4-11-18/h1-7,9-13,17,21H,8,14-16H2/b9-7+. The van der Waals surface area contributed by atoms with Crippen molar-refractivity contribution in [3.63, 3.8) is 0 Å². The lowest BCUT2D eigenvalue weighted by Gasteiger charge is -2.15. The molecule has 2 aromatic carbocycles. The Labute approximate surface area is 137 Å². The van der Waals surface area contributed by atoms with Gasteiger partial charge in [-0.2, -0.15) is 0 Å². The molecule has 1 unspecified atom stereocenters. The van der Waals surface area contributed by atoms with Gasteiger partial charge in [0.05, 0.1) is 5.92 Å². The Morgan fingerprint density at radius 3 is 2.48 bits per heavy atom. The molecule has 0 radical (unpaired) electrons. The predicted molar refractivity (Wildman–Crippen MR) is 95.6 cm³/mol. The fourth-order valence-electron chi connectivity index (χ4n) is 2.86. The molecule has 23 heavy (non-hydrogen) atoms. The van der Waals surface area contributed by atoms with Crippen LogP contribution in [0, 0.1) is 5.92 Å². The Morgan fingerprint density at radius 2 is 1.74 bits per heavy atom. The molecular weight excluding hydrogens is 284 g/mol. The van der Waals surface area contributed by atoms with Crippen molar-refractivity contribution in [3.05, 3.63) is 72.8 Å². The first-order valence-electron chi connectivity index (χ1n) is 8.16. The summed E-state index contributed by atoms with van der Waals surface area (Å²) >= 11 is 0. The molecule has 118 valence electrons. The molecule has 0 aliphatic carbocycles. The van der Waals surface area contributed by atoms with E-state index in [1.807, 2.05) is 53.4 Å². The van der Waals surface area contributed by atoms with Crippen LogP contribution in [0.25, 0.3) is 0 Å². The zero-order valence-corrected chi connectivity index (χ0v) is 13.2. The van der Waals surface area contributed by atoms with E-state index in [9.17, 15) is 4.79 Å². The zero-order valence-electron chi connectivity index (χ0n) is 13.2. The van der Waals surface area contributed by atoms with Crippen LogP contribution >= 0.6 is 0 Å². The predicted octanol–water partition coefficient (Wildman–Crippen LogP) is 4.10. The topological polar surface area (TPSA) is 32.3 Å². The Hall–Kier alpha value is -2.55. The van der Waals surface area contributed by atoms with Crippen LogP contribution in [0.15, 0.2) is 72.8 Å². The van der Waals surface area contributed by atoms with Crippen LogP contribution in [0.1, 0.15) is 12.8 Å². The monoisotopic (exact) mass is 306 g/mol. The minimum Gasteiger partial charge on any atom is -0.385 e. The summed E-state index contributed by atoms with van der Waals surface area (Å²) in [5, 5.41) is 3.37. The van der Waals surface area contributed by atoms with E-state index in [0.717, 1.165) is 37.3 Å². The van der Waals surface area contributed by atoms with Gasteiger partial charge in [0.25, 0.3) is 0 Å². The molecule has 0 aromatic heterocycles. The number of carbonyl (C=O) groups is 1. The summed E-state index contributed by atoms with van der Waals surface area (Å²) < 4.78 is 0. The summed E-state index contributed by atoms with van der Waals surface area (Å²) in [4.78, 5) is 14.3. The van der Waals surface area contributed by atoms with Gasteiger partial charge in [0, 0.05) is 24.5 Å². The second-order valence-corrected chi connectivity index (χ2v) is 5.73. The van der Waals surface area contributed by atoms with E-state index in [2.05, 4.69) is 29.6 Å². The lowest BCUT2D eigenvalue weighted by atomic mass is 10.1. The molecule has 1 heterocycles. The van der Waals surface area contributed by atoms with Crippen LogP contribution in [0.3, 0.4) is 0 Å². The third-order valence-electron chi connectivity index (χ3n) is 4.10. The van der Waals surface area contributed by atoms with Crippen molar-refractivity contribution < 1.29 is 4.79 Å². The van der Waals surface area contributed by atoms with E-state index in [0.29, 0.717) is 0 Å². The third kappa shape index (κ3) is 4.01. The highest BCUT2D eigenvalue weighted by Crippen LogP contribution is 2.25. The number of hydrogen-bond acceptors (Lipinski definition) is 2. The van der Waals surface area contributed by atoms with Gasteiger partial charge in [-0.1, -0.05) is 48.6 Å². The molecule has 1 saturated heterocycles. The molecule has 0 spiro atoms. The van der Waals surface area contributed by atoms with Crippen LogP contribution in [0.5, 0.6) is 0 Å². The van der Waals surface area contributed by atoms with Gasteiger partial charge in [-0.25, -0.2) is 0 Å². The SMILES string of the molecule is O=C1C(/C=C/CCNc2ccccc2)CCN1c1ccccc1. The van der Waals surface area contributed by atoms with Crippen molar-refractivity contribution in [2.45, 2.75) is 12.8 Å².